The van der Waals surface area contributed by atoms with Crippen molar-refractivity contribution in [1.29, 1.82) is 0 Å². The van der Waals surface area contributed by atoms with Crippen molar-refractivity contribution in [3.8, 4) is 0 Å². The largest absolute Gasteiger partial charge is 0.270 e. The van der Waals surface area contributed by atoms with Crippen molar-refractivity contribution in [2.75, 3.05) is 0 Å². The highest BCUT2D eigenvalue weighted by atomic mass is 32.2. The molecule has 0 saturated heterocycles. The predicted octanol–water partition coefficient (Wildman–Crippen LogP) is 3.33. The molecule has 0 amide bonds. The lowest BCUT2D eigenvalue weighted by atomic mass is 10.1. The Balaban J connectivity index is 2.38. The molecule has 0 fully saturated rings. The van der Waals surface area contributed by atoms with Crippen molar-refractivity contribution in [3.63, 3.8) is 0 Å². The predicted molar refractivity (Wildman–Crippen MR) is 87.6 cm³/mol. The normalized spacial score (nSPS) is 12.8. The van der Waals surface area contributed by atoms with Crippen molar-refractivity contribution in [2.45, 2.75) is 31.2 Å². The van der Waals surface area contributed by atoms with Crippen molar-refractivity contribution >= 4 is 15.7 Å². The summed E-state index contributed by atoms with van der Waals surface area (Å²) in [5, 5.41) is 10.9. The van der Waals surface area contributed by atoms with Gasteiger partial charge >= 0.3 is 0 Å². The van der Waals surface area contributed by atoms with Crippen LogP contribution in [0.25, 0.3) is 0 Å². The second-order valence-electron chi connectivity index (χ2n) is 5.20. The molecule has 0 bridgehead atoms. The van der Waals surface area contributed by atoms with E-state index in [1.165, 1.54) is 12.1 Å². The summed E-state index contributed by atoms with van der Waals surface area (Å²) >= 11 is 0. The lowest BCUT2D eigenvalue weighted by Gasteiger charge is -2.18. The van der Waals surface area contributed by atoms with Gasteiger partial charge in [0, 0.05) is 18.2 Å². The molecule has 1 atom stereocenters. The Hall–Kier alpha value is -2.25. The smallest absolute Gasteiger partial charge is 0.258 e. The summed E-state index contributed by atoms with van der Waals surface area (Å²) in [7, 11) is -3.86. The number of benzene rings is 2. The molecular formula is C16H18N2O4S. The van der Waals surface area contributed by atoms with Gasteiger partial charge in [-0.05, 0) is 24.5 Å². The molecule has 2 aromatic carbocycles. The first-order chi connectivity index (χ1) is 10.8. The molecule has 23 heavy (non-hydrogen) atoms. The minimum Gasteiger partial charge on any atom is -0.258 e. The third-order valence-corrected chi connectivity index (χ3v) is 5.19. The van der Waals surface area contributed by atoms with Crippen molar-refractivity contribution in [3.05, 3.63) is 69.8 Å². The molecular weight excluding hydrogens is 316 g/mol. The van der Waals surface area contributed by atoms with Crippen LogP contribution in [-0.2, 0) is 10.0 Å². The van der Waals surface area contributed by atoms with E-state index in [-0.39, 0.29) is 16.6 Å². The van der Waals surface area contributed by atoms with Crippen LogP contribution in [0, 0.1) is 17.0 Å². The van der Waals surface area contributed by atoms with Gasteiger partial charge in [-0.3, -0.25) is 10.1 Å². The molecule has 0 aliphatic heterocycles. The van der Waals surface area contributed by atoms with Crippen LogP contribution in [0.4, 0.5) is 5.69 Å². The maximum absolute atomic E-state index is 12.6. The zero-order valence-corrected chi connectivity index (χ0v) is 13.7. The van der Waals surface area contributed by atoms with Crippen LogP contribution in [0.2, 0.25) is 0 Å². The number of non-ortho nitro benzene ring substituents is 1. The molecule has 0 heterocycles. The first-order valence-electron chi connectivity index (χ1n) is 7.17. The number of nitrogens with one attached hydrogen (secondary N) is 1. The molecule has 1 N–H and O–H groups in total. The number of hydrogen-bond acceptors (Lipinski definition) is 4. The molecule has 0 aliphatic rings. The van der Waals surface area contributed by atoms with Gasteiger partial charge in [-0.25, -0.2) is 13.1 Å². The lowest BCUT2D eigenvalue weighted by molar-refractivity contribution is -0.385. The third kappa shape index (κ3) is 3.94. The first-order valence-corrected chi connectivity index (χ1v) is 8.65. The summed E-state index contributed by atoms with van der Waals surface area (Å²) in [5.74, 6) is 0. The zero-order valence-electron chi connectivity index (χ0n) is 12.9. The molecule has 122 valence electrons. The summed E-state index contributed by atoms with van der Waals surface area (Å²) in [4.78, 5) is 10.2. The van der Waals surface area contributed by atoms with Gasteiger partial charge in [-0.1, -0.05) is 43.3 Å². The van der Waals surface area contributed by atoms with Crippen LogP contribution in [0.5, 0.6) is 0 Å². The number of nitro groups is 1. The fourth-order valence-electron chi connectivity index (χ4n) is 2.32. The minimum atomic E-state index is -3.86. The Labute approximate surface area is 135 Å². The van der Waals surface area contributed by atoms with E-state index < -0.39 is 14.9 Å². The summed E-state index contributed by atoms with van der Waals surface area (Å²) < 4.78 is 27.9. The van der Waals surface area contributed by atoms with E-state index in [2.05, 4.69) is 4.72 Å². The van der Waals surface area contributed by atoms with E-state index in [0.717, 1.165) is 11.6 Å². The van der Waals surface area contributed by atoms with Gasteiger partial charge in [0.2, 0.25) is 10.0 Å². The maximum atomic E-state index is 12.6. The summed E-state index contributed by atoms with van der Waals surface area (Å²) in [6.07, 6.45) is 0.567. The van der Waals surface area contributed by atoms with Crippen LogP contribution in [-0.4, -0.2) is 13.3 Å². The average Bonchev–Trinajstić information content (AvgIpc) is 2.53. The van der Waals surface area contributed by atoms with Crippen molar-refractivity contribution in [1.82, 2.24) is 4.72 Å². The highest BCUT2D eigenvalue weighted by molar-refractivity contribution is 7.89. The molecule has 2 rings (SSSR count). The van der Waals surface area contributed by atoms with E-state index >= 15 is 0 Å². The van der Waals surface area contributed by atoms with E-state index in [4.69, 9.17) is 0 Å². The molecule has 0 radical (unpaired) electrons. The fourth-order valence-corrected chi connectivity index (χ4v) is 3.89. The second kappa shape index (κ2) is 6.89. The molecule has 0 unspecified atom stereocenters. The van der Waals surface area contributed by atoms with Crippen LogP contribution >= 0.6 is 0 Å². The molecule has 0 spiro atoms. The van der Waals surface area contributed by atoms with Gasteiger partial charge in [0.25, 0.3) is 5.69 Å². The minimum absolute atomic E-state index is 0.0684. The third-order valence-electron chi connectivity index (χ3n) is 3.58. The van der Waals surface area contributed by atoms with Crippen molar-refractivity contribution in [2.24, 2.45) is 0 Å². The molecule has 2 aromatic rings. The SMILES string of the molecule is CC[C@@H](NS(=O)(=O)c1cc([N+](=O)[O-])ccc1C)c1ccccc1. The average molecular weight is 334 g/mol. The van der Waals surface area contributed by atoms with Gasteiger partial charge in [0.1, 0.15) is 0 Å². The molecule has 6 nitrogen and oxygen atoms in total. The van der Waals surface area contributed by atoms with E-state index in [1.54, 1.807) is 6.92 Å². The second-order valence-corrected chi connectivity index (χ2v) is 6.88. The van der Waals surface area contributed by atoms with Gasteiger partial charge in [-0.15, -0.1) is 0 Å². The van der Waals surface area contributed by atoms with Gasteiger partial charge in [-0.2, -0.15) is 0 Å². The standard InChI is InChI=1S/C16H18N2O4S/c1-3-15(13-7-5-4-6-8-13)17-23(21,22)16-11-14(18(19)20)10-9-12(16)2/h4-11,15,17H,3H2,1-2H3/t15-/m1/s1. The monoisotopic (exact) mass is 334 g/mol. The number of rotatable bonds is 6. The highest BCUT2D eigenvalue weighted by Gasteiger charge is 2.24. The Kier molecular flexibility index (Phi) is 5.12. The van der Waals surface area contributed by atoms with Gasteiger partial charge in [0.15, 0.2) is 0 Å². The summed E-state index contributed by atoms with van der Waals surface area (Å²) in [6, 6.07) is 12.7. The number of nitro benzene ring substituents is 1. The molecule has 0 aromatic heterocycles. The molecule has 7 heteroatoms. The Morgan fingerprint density at radius 1 is 1.17 bits per heavy atom. The number of aryl methyl sites for hydroxylation is 1. The van der Waals surface area contributed by atoms with E-state index in [9.17, 15) is 18.5 Å². The van der Waals surface area contributed by atoms with E-state index in [1.807, 2.05) is 37.3 Å². The lowest BCUT2D eigenvalue weighted by Crippen LogP contribution is -2.29. The highest BCUT2D eigenvalue weighted by Crippen LogP contribution is 2.25. The van der Waals surface area contributed by atoms with Crippen molar-refractivity contribution < 1.29 is 13.3 Å². The van der Waals surface area contributed by atoms with E-state index in [0.29, 0.717) is 12.0 Å². The first kappa shape index (κ1) is 17.1. The summed E-state index contributed by atoms with van der Waals surface area (Å²) in [5.41, 5.74) is 1.07. The van der Waals surface area contributed by atoms with Gasteiger partial charge < -0.3 is 0 Å². The zero-order chi connectivity index (χ0) is 17.0. The Bertz CT molecular complexity index is 804. The Morgan fingerprint density at radius 3 is 2.39 bits per heavy atom. The quantitative estimate of drug-likeness (QED) is 0.648. The molecule has 0 saturated carbocycles. The van der Waals surface area contributed by atoms with Gasteiger partial charge in [0.05, 0.1) is 9.82 Å². The topological polar surface area (TPSA) is 89.3 Å². The Morgan fingerprint density at radius 2 is 1.83 bits per heavy atom. The summed E-state index contributed by atoms with van der Waals surface area (Å²) in [6.45, 7) is 3.49. The number of hydrogen-bond donors (Lipinski definition) is 1. The van der Waals surface area contributed by atoms with Crippen LogP contribution in [0.1, 0.15) is 30.5 Å². The number of sulfonamides is 1. The van der Waals surface area contributed by atoms with Crippen LogP contribution in [0.15, 0.2) is 53.4 Å². The maximum Gasteiger partial charge on any atom is 0.270 e. The van der Waals surface area contributed by atoms with Crippen LogP contribution < -0.4 is 4.72 Å². The molecule has 0 aliphatic carbocycles. The number of nitrogens with zero attached hydrogens (tertiary/aromatic N) is 1. The van der Waals surface area contributed by atoms with Crippen LogP contribution in [0.3, 0.4) is 0 Å². The fraction of sp³-hybridized carbons (Fsp3) is 0.250.